The van der Waals surface area contributed by atoms with Crippen molar-refractivity contribution in [1.29, 1.82) is 0 Å². The lowest BCUT2D eigenvalue weighted by Crippen LogP contribution is -2.30. The summed E-state index contributed by atoms with van der Waals surface area (Å²) >= 11 is 1.12. The Bertz CT molecular complexity index is 1170. The van der Waals surface area contributed by atoms with Gasteiger partial charge >= 0.3 is 11.9 Å². The minimum Gasteiger partial charge on any atom is -0.467 e. The fraction of sp³-hybridized carbons (Fsp3) is 0.318. The average molecular weight is 463 g/mol. The Labute approximate surface area is 185 Å². The zero-order valence-electron chi connectivity index (χ0n) is 16.9. The Morgan fingerprint density at radius 1 is 1.19 bits per heavy atom. The lowest BCUT2D eigenvalue weighted by molar-refractivity contribution is -0.137. The molecule has 1 aliphatic rings. The number of fused-ring (bicyclic) bond motifs is 1. The van der Waals surface area contributed by atoms with Crippen molar-refractivity contribution >= 4 is 23.4 Å². The van der Waals surface area contributed by atoms with Crippen LogP contribution in [0.25, 0.3) is 0 Å². The van der Waals surface area contributed by atoms with Gasteiger partial charge in [0.1, 0.15) is 10.8 Å². The Kier molecular flexibility index (Phi) is 6.40. The van der Waals surface area contributed by atoms with Gasteiger partial charge in [-0.05, 0) is 56.0 Å². The molecule has 6 nitrogen and oxygen atoms in total. The Morgan fingerprint density at radius 2 is 2.00 bits per heavy atom. The third-order valence-corrected chi connectivity index (χ3v) is 6.18. The van der Waals surface area contributed by atoms with Crippen LogP contribution >= 0.6 is 11.8 Å². The van der Waals surface area contributed by atoms with Gasteiger partial charge in [0.15, 0.2) is 0 Å². The first-order valence-electron chi connectivity index (χ1n) is 10.1. The number of thioether (sulfide) groups is 1. The molecule has 1 aliphatic carbocycles. The van der Waals surface area contributed by atoms with Crippen LogP contribution < -0.4 is 11.0 Å². The van der Waals surface area contributed by atoms with E-state index in [1.807, 2.05) is 0 Å². The van der Waals surface area contributed by atoms with Crippen LogP contribution in [-0.4, -0.2) is 21.2 Å². The summed E-state index contributed by atoms with van der Waals surface area (Å²) < 4.78 is 45.6. The van der Waals surface area contributed by atoms with Crippen LogP contribution in [-0.2, 0) is 30.4 Å². The van der Waals surface area contributed by atoms with Crippen LogP contribution in [0.3, 0.4) is 0 Å². The molecule has 3 aromatic rings. The van der Waals surface area contributed by atoms with Crippen molar-refractivity contribution in [2.45, 2.75) is 43.4 Å². The SMILES string of the molecule is O=C(CSc1nc(=O)n(Cc2ccco2)c2c1CCCC2)Nc1cccc(C(F)(F)F)c1. The second-order valence-electron chi connectivity index (χ2n) is 7.41. The molecule has 0 spiro atoms. The van der Waals surface area contributed by atoms with Gasteiger partial charge in [-0.1, -0.05) is 17.8 Å². The quantitative estimate of drug-likeness (QED) is 0.430. The summed E-state index contributed by atoms with van der Waals surface area (Å²) in [7, 11) is 0. The van der Waals surface area contributed by atoms with Gasteiger partial charge < -0.3 is 9.73 Å². The number of nitrogens with zero attached hydrogens (tertiary/aromatic N) is 2. The average Bonchev–Trinajstić information content (AvgIpc) is 3.27. The summed E-state index contributed by atoms with van der Waals surface area (Å²) in [6.45, 7) is 0.294. The number of carbonyl (C=O) groups excluding carboxylic acids is 1. The number of furan rings is 1. The lowest BCUT2D eigenvalue weighted by atomic mass is 9.97. The molecule has 1 N–H and O–H groups in total. The number of halogens is 3. The number of anilines is 1. The lowest BCUT2D eigenvalue weighted by Gasteiger charge is -2.22. The maximum Gasteiger partial charge on any atom is 0.416 e. The van der Waals surface area contributed by atoms with Gasteiger partial charge in [0.05, 0.1) is 24.1 Å². The highest BCUT2D eigenvalue weighted by molar-refractivity contribution is 8.00. The number of hydrogen-bond donors (Lipinski definition) is 1. The van der Waals surface area contributed by atoms with Crippen LogP contribution in [0.4, 0.5) is 18.9 Å². The van der Waals surface area contributed by atoms with E-state index < -0.39 is 23.3 Å². The molecule has 32 heavy (non-hydrogen) atoms. The van der Waals surface area contributed by atoms with Gasteiger partial charge in [-0.15, -0.1) is 0 Å². The van der Waals surface area contributed by atoms with Crippen LogP contribution in [0.2, 0.25) is 0 Å². The first-order chi connectivity index (χ1) is 15.3. The van der Waals surface area contributed by atoms with E-state index in [0.717, 1.165) is 60.8 Å². The van der Waals surface area contributed by atoms with Gasteiger partial charge in [0.25, 0.3) is 0 Å². The van der Waals surface area contributed by atoms with Gasteiger partial charge in [0, 0.05) is 16.9 Å². The van der Waals surface area contributed by atoms with E-state index in [1.165, 1.54) is 12.1 Å². The highest BCUT2D eigenvalue weighted by atomic mass is 32.2. The third kappa shape index (κ3) is 5.07. The molecule has 10 heteroatoms. The predicted molar refractivity (Wildman–Crippen MR) is 114 cm³/mol. The number of benzene rings is 1. The number of nitrogens with one attached hydrogen (secondary N) is 1. The summed E-state index contributed by atoms with van der Waals surface area (Å²) in [5, 5.41) is 2.98. The topological polar surface area (TPSA) is 77.1 Å². The fourth-order valence-electron chi connectivity index (χ4n) is 3.69. The van der Waals surface area contributed by atoms with E-state index in [2.05, 4.69) is 10.3 Å². The number of rotatable bonds is 6. The van der Waals surface area contributed by atoms with E-state index in [-0.39, 0.29) is 11.4 Å². The molecule has 2 aromatic heterocycles. The highest BCUT2D eigenvalue weighted by Crippen LogP contribution is 2.31. The Hall–Kier alpha value is -3.01. The maximum absolute atomic E-state index is 12.9. The van der Waals surface area contributed by atoms with Crippen molar-refractivity contribution in [1.82, 2.24) is 9.55 Å². The molecule has 0 bridgehead atoms. The molecule has 0 fully saturated rings. The third-order valence-electron chi connectivity index (χ3n) is 5.16. The molecule has 1 aromatic carbocycles. The molecule has 0 unspecified atom stereocenters. The first kappa shape index (κ1) is 22.2. The van der Waals surface area contributed by atoms with Crippen molar-refractivity contribution in [2.24, 2.45) is 0 Å². The minimum absolute atomic E-state index is 0.0641. The zero-order valence-corrected chi connectivity index (χ0v) is 17.8. The number of hydrogen-bond acceptors (Lipinski definition) is 5. The molecule has 0 atom stereocenters. The smallest absolute Gasteiger partial charge is 0.416 e. The standard InChI is InChI=1S/C22H20F3N3O3S/c23-22(24,25)14-5-3-6-15(11-14)26-19(29)13-32-20-17-8-1-2-9-18(17)28(21(30)27-20)12-16-7-4-10-31-16/h3-7,10-11H,1-2,8-9,12-13H2,(H,26,29). The largest absolute Gasteiger partial charge is 0.467 e. The molecular weight excluding hydrogens is 443 g/mol. The molecule has 0 saturated carbocycles. The molecule has 0 saturated heterocycles. The molecule has 0 aliphatic heterocycles. The van der Waals surface area contributed by atoms with Gasteiger partial charge in [-0.3, -0.25) is 9.36 Å². The van der Waals surface area contributed by atoms with Crippen LogP contribution in [0.15, 0.2) is 56.9 Å². The van der Waals surface area contributed by atoms with Crippen molar-refractivity contribution in [3.8, 4) is 0 Å². The van der Waals surface area contributed by atoms with Crippen molar-refractivity contribution in [2.75, 3.05) is 11.1 Å². The number of carbonyl (C=O) groups is 1. The van der Waals surface area contributed by atoms with Gasteiger partial charge in [-0.25, -0.2) is 4.79 Å². The number of aromatic nitrogens is 2. The van der Waals surface area contributed by atoms with Crippen molar-refractivity contribution in [3.05, 3.63) is 75.7 Å². The monoisotopic (exact) mass is 463 g/mol. The zero-order chi connectivity index (χ0) is 22.7. The first-order valence-corrected chi connectivity index (χ1v) is 11.0. The molecule has 4 rings (SSSR count). The van der Waals surface area contributed by atoms with E-state index in [1.54, 1.807) is 23.0 Å². The Morgan fingerprint density at radius 3 is 2.75 bits per heavy atom. The van der Waals surface area contributed by atoms with Gasteiger partial charge in [-0.2, -0.15) is 18.2 Å². The second kappa shape index (κ2) is 9.23. The minimum atomic E-state index is -4.49. The fourth-order valence-corrected chi connectivity index (χ4v) is 4.57. The molecule has 0 radical (unpaired) electrons. The maximum atomic E-state index is 12.9. The molecule has 168 valence electrons. The summed E-state index contributed by atoms with van der Waals surface area (Å²) in [6.07, 6.45) is 0.452. The van der Waals surface area contributed by atoms with Crippen LogP contribution in [0.5, 0.6) is 0 Å². The van der Waals surface area contributed by atoms with Crippen molar-refractivity contribution in [3.63, 3.8) is 0 Å². The summed E-state index contributed by atoms with van der Waals surface area (Å²) in [5.74, 6) is 0.111. The summed E-state index contributed by atoms with van der Waals surface area (Å²) in [4.78, 5) is 29.2. The van der Waals surface area contributed by atoms with Crippen molar-refractivity contribution < 1.29 is 22.4 Å². The molecule has 1 amide bonds. The van der Waals surface area contributed by atoms with E-state index in [0.29, 0.717) is 17.3 Å². The normalized spacial score (nSPS) is 13.6. The van der Waals surface area contributed by atoms with E-state index in [4.69, 9.17) is 4.42 Å². The van der Waals surface area contributed by atoms with Gasteiger partial charge in [0.2, 0.25) is 5.91 Å². The molecular formula is C22H20F3N3O3S. The van der Waals surface area contributed by atoms with Crippen LogP contribution in [0.1, 0.15) is 35.4 Å². The second-order valence-corrected chi connectivity index (χ2v) is 8.38. The van der Waals surface area contributed by atoms with Crippen LogP contribution in [0, 0.1) is 0 Å². The molecule has 2 heterocycles. The number of alkyl halides is 3. The highest BCUT2D eigenvalue weighted by Gasteiger charge is 2.30. The summed E-state index contributed by atoms with van der Waals surface area (Å²) in [6, 6.07) is 8.02. The predicted octanol–water partition coefficient (Wildman–Crippen LogP) is 4.51. The summed E-state index contributed by atoms with van der Waals surface area (Å²) in [5.41, 5.74) is 0.656. The van der Waals surface area contributed by atoms with E-state index in [9.17, 15) is 22.8 Å². The number of amides is 1. The Balaban J connectivity index is 1.49. The van der Waals surface area contributed by atoms with E-state index >= 15 is 0 Å².